The summed E-state index contributed by atoms with van der Waals surface area (Å²) in [4.78, 5) is 28.8. The standard InChI is InChI=1S/C32H40N2O6S/c1-9-37-27-18-23(15-16-26(27)40-20(5)6)17-21(7)30(35)34-29(24-13-11-12-14-25(24)39-19(3)4)28(31(36)38-10-2)22(8)33-32(34)41/h11-20,29H,9-10H2,1-8H3,(H,33,41)/b21-17+. The zero-order valence-corrected chi connectivity index (χ0v) is 25.9. The van der Waals surface area contributed by atoms with Crippen LogP contribution in [0.25, 0.3) is 6.08 Å². The second-order valence-electron chi connectivity index (χ2n) is 10.1. The Morgan fingerprint density at radius 3 is 2.27 bits per heavy atom. The minimum atomic E-state index is -0.866. The first kappa shape index (κ1) is 31.7. The van der Waals surface area contributed by atoms with E-state index in [1.807, 2.05) is 77.1 Å². The molecule has 1 amide bonds. The molecule has 1 aliphatic rings. The maximum Gasteiger partial charge on any atom is 0.338 e. The van der Waals surface area contributed by atoms with Gasteiger partial charge in [0.15, 0.2) is 16.6 Å². The van der Waals surface area contributed by atoms with Crippen molar-refractivity contribution in [2.75, 3.05) is 13.2 Å². The lowest BCUT2D eigenvalue weighted by atomic mass is 9.92. The maximum atomic E-state index is 14.1. The van der Waals surface area contributed by atoms with Crippen molar-refractivity contribution in [2.45, 2.75) is 73.6 Å². The molecule has 1 heterocycles. The van der Waals surface area contributed by atoms with Gasteiger partial charge in [-0.25, -0.2) is 4.79 Å². The average Bonchev–Trinajstić information content (AvgIpc) is 2.89. The van der Waals surface area contributed by atoms with Gasteiger partial charge in [0, 0.05) is 16.8 Å². The summed E-state index contributed by atoms with van der Waals surface area (Å²) in [5.74, 6) is 0.859. The predicted molar refractivity (Wildman–Crippen MR) is 164 cm³/mol. The van der Waals surface area contributed by atoms with Gasteiger partial charge in [-0.1, -0.05) is 24.3 Å². The summed E-state index contributed by atoms with van der Waals surface area (Å²) < 4.78 is 23.2. The summed E-state index contributed by atoms with van der Waals surface area (Å²) in [7, 11) is 0. The number of allylic oxidation sites excluding steroid dienone is 1. The molecule has 0 fully saturated rings. The zero-order chi connectivity index (χ0) is 30.3. The molecule has 41 heavy (non-hydrogen) atoms. The second-order valence-corrected chi connectivity index (χ2v) is 10.5. The molecule has 0 saturated heterocycles. The van der Waals surface area contributed by atoms with Crippen LogP contribution in [0.5, 0.6) is 17.2 Å². The zero-order valence-electron chi connectivity index (χ0n) is 25.1. The lowest BCUT2D eigenvalue weighted by Crippen LogP contribution is -2.51. The van der Waals surface area contributed by atoms with Gasteiger partial charge in [-0.15, -0.1) is 0 Å². The van der Waals surface area contributed by atoms with Gasteiger partial charge in [0.2, 0.25) is 0 Å². The first-order valence-corrected chi connectivity index (χ1v) is 14.3. The molecular weight excluding hydrogens is 540 g/mol. The molecule has 0 spiro atoms. The van der Waals surface area contributed by atoms with E-state index in [1.165, 1.54) is 4.90 Å². The Morgan fingerprint density at radius 2 is 1.63 bits per heavy atom. The predicted octanol–water partition coefficient (Wildman–Crippen LogP) is 6.36. The number of ether oxygens (including phenoxy) is 4. The number of carbonyl (C=O) groups is 2. The number of nitrogens with one attached hydrogen (secondary N) is 1. The van der Waals surface area contributed by atoms with E-state index in [0.29, 0.717) is 40.7 Å². The first-order chi connectivity index (χ1) is 19.5. The second kappa shape index (κ2) is 14.2. The number of nitrogens with zero attached hydrogens (tertiary/aromatic N) is 1. The minimum absolute atomic E-state index is 0.0175. The van der Waals surface area contributed by atoms with Crippen LogP contribution in [0.2, 0.25) is 0 Å². The number of carbonyl (C=O) groups excluding carboxylic acids is 2. The van der Waals surface area contributed by atoms with E-state index in [9.17, 15) is 9.59 Å². The fraction of sp³-hybridized carbons (Fsp3) is 0.406. The van der Waals surface area contributed by atoms with Crippen molar-refractivity contribution >= 4 is 35.3 Å². The van der Waals surface area contributed by atoms with Gasteiger partial charge >= 0.3 is 5.97 Å². The number of rotatable bonds is 11. The van der Waals surface area contributed by atoms with Crippen LogP contribution in [-0.4, -0.2) is 47.3 Å². The molecule has 3 rings (SSSR count). The quantitative estimate of drug-likeness (QED) is 0.187. The van der Waals surface area contributed by atoms with E-state index < -0.39 is 12.0 Å². The molecular formula is C32H40N2O6S. The van der Waals surface area contributed by atoms with Crippen LogP contribution < -0.4 is 19.5 Å². The fourth-order valence-electron chi connectivity index (χ4n) is 4.52. The topological polar surface area (TPSA) is 86.3 Å². The van der Waals surface area contributed by atoms with Crippen LogP contribution in [-0.2, 0) is 14.3 Å². The smallest absolute Gasteiger partial charge is 0.338 e. The van der Waals surface area contributed by atoms with Crippen LogP contribution in [0.1, 0.15) is 72.6 Å². The molecule has 1 N–H and O–H groups in total. The van der Waals surface area contributed by atoms with Gasteiger partial charge in [-0.3, -0.25) is 9.69 Å². The Hall–Kier alpha value is -3.85. The van der Waals surface area contributed by atoms with E-state index in [4.69, 9.17) is 31.2 Å². The molecule has 0 radical (unpaired) electrons. The third kappa shape index (κ3) is 7.67. The molecule has 1 aliphatic heterocycles. The van der Waals surface area contributed by atoms with Crippen molar-refractivity contribution in [3.8, 4) is 17.2 Å². The van der Waals surface area contributed by atoms with Crippen LogP contribution in [0.4, 0.5) is 0 Å². The highest BCUT2D eigenvalue weighted by molar-refractivity contribution is 7.80. The van der Waals surface area contributed by atoms with Crippen molar-refractivity contribution < 1.29 is 28.5 Å². The molecule has 220 valence electrons. The third-order valence-electron chi connectivity index (χ3n) is 6.09. The number of benzene rings is 2. The van der Waals surface area contributed by atoms with E-state index in [0.717, 1.165) is 5.56 Å². The molecule has 1 unspecified atom stereocenters. The summed E-state index contributed by atoms with van der Waals surface area (Å²) in [6, 6.07) is 12.0. The van der Waals surface area contributed by atoms with Gasteiger partial charge < -0.3 is 24.3 Å². The van der Waals surface area contributed by atoms with Gasteiger partial charge in [-0.2, -0.15) is 0 Å². The molecule has 0 aromatic heterocycles. The monoisotopic (exact) mass is 580 g/mol. The first-order valence-electron chi connectivity index (χ1n) is 13.9. The molecule has 8 nitrogen and oxygen atoms in total. The van der Waals surface area contributed by atoms with E-state index in [-0.39, 0.29) is 35.4 Å². The fourth-order valence-corrected chi connectivity index (χ4v) is 4.86. The molecule has 1 atom stereocenters. The van der Waals surface area contributed by atoms with E-state index in [2.05, 4.69) is 5.32 Å². The molecule has 2 aromatic carbocycles. The Kier molecular flexibility index (Phi) is 10.9. The minimum Gasteiger partial charge on any atom is -0.491 e. The normalized spacial score (nSPS) is 15.7. The summed E-state index contributed by atoms with van der Waals surface area (Å²) in [6.07, 6.45) is 1.61. The van der Waals surface area contributed by atoms with Crippen molar-refractivity contribution in [3.63, 3.8) is 0 Å². The number of hydrogen-bond acceptors (Lipinski definition) is 7. The lowest BCUT2D eigenvalue weighted by molar-refractivity contribution is -0.139. The highest BCUT2D eigenvalue weighted by atomic mass is 32.1. The lowest BCUT2D eigenvalue weighted by Gasteiger charge is -2.39. The Morgan fingerprint density at radius 1 is 0.976 bits per heavy atom. The number of esters is 1. The highest BCUT2D eigenvalue weighted by Gasteiger charge is 2.41. The molecule has 9 heteroatoms. The number of amides is 1. The van der Waals surface area contributed by atoms with Gasteiger partial charge in [0.1, 0.15) is 11.8 Å². The summed E-state index contributed by atoms with van der Waals surface area (Å²) in [5.41, 5.74) is 2.59. The third-order valence-corrected chi connectivity index (χ3v) is 6.39. The summed E-state index contributed by atoms with van der Waals surface area (Å²) in [5, 5.41) is 3.21. The molecule has 2 aromatic rings. The van der Waals surface area contributed by atoms with Crippen LogP contribution in [0.3, 0.4) is 0 Å². The Bertz CT molecular complexity index is 1350. The van der Waals surface area contributed by atoms with Crippen LogP contribution in [0.15, 0.2) is 59.3 Å². The van der Waals surface area contributed by atoms with Gasteiger partial charge in [0.05, 0.1) is 31.0 Å². The number of hydrogen-bond donors (Lipinski definition) is 1. The number of para-hydroxylation sites is 1. The SMILES string of the molecule is CCOC(=O)C1=C(C)NC(=S)N(C(=O)/C(C)=C/c2ccc(OC(C)C)c(OCC)c2)C1c1ccccc1OC(C)C. The van der Waals surface area contributed by atoms with Crippen molar-refractivity contribution in [1.29, 1.82) is 0 Å². The van der Waals surface area contributed by atoms with Crippen LogP contribution >= 0.6 is 12.2 Å². The Balaban J connectivity index is 2.12. The van der Waals surface area contributed by atoms with E-state index in [1.54, 1.807) is 26.8 Å². The molecule has 0 bridgehead atoms. The van der Waals surface area contributed by atoms with E-state index >= 15 is 0 Å². The highest BCUT2D eigenvalue weighted by Crippen LogP contribution is 2.40. The van der Waals surface area contributed by atoms with Crippen molar-refractivity contribution in [1.82, 2.24) is 10.2 Å². The number of thiocarbonyl (C=S) groups is 1. The molecule has 0 aliphatic carbocycles. The summed E-state index contributed by atoms with van der Waals surface area (Å²) in [6.45, 7) is 15.5. The summed E-state index contributed by atoms with van der Waals surface area (Å²) >= 11 is 5.69. The average molecular weight is 581 g/mol. The Labute approximate surface area is 248 Å². The van der Waals surface area contributed by atoms with Crippen molar-refractivity contribution in [2.24, 2.45) is 0 Å². The largest absolute Gasteiger partial charge is 0.491 e. The maximum absolute atomic E-state index is 14.1. The van der Waals surface area contributed by atoms with Crippen LogP contribution in [0, 0.1) is 0 Å². The molecule has 0 saturated carbocycles. The van der Waals surface area contributed by atoms with Gasteiger partial charge in [-0.05, 0) is 97.4 Å². The van der Waals surface area contributed by atoms with Gasteiger partial charge in [0.25, 0.3) is 5.91 Å². The van der Waals surface area contributed by atoms with Crippen molar-refractivity contribution in [3.05, 3.63) is 70.4 Å².